The Hall–Kier alpha value is -3.48. The minimum atomic E-state index is -1.05. The minimum Gasteiger partial charge on any atom is -0.504 e. The minimum absolute atomic E-state index is 0.0511. The highest BCUT2D eigenvalue weighted by Gasteiger charge is 2.21. The van der Waals surface area contributed by atoms with E-state index >= 15 is 0 Å². The highest BCUT2D eigenvalue weighted by atomic mass is 19.1. The van der Waals surface area contributed by atoms with Crippen LogP contribution in [0.3, 0.4) is 0 Å². The Balaban J connectivity index is 2.05. The number of ether oxygens (including phenoxy) is 1. The van der Waals surface area contributed by atoms with Gasteiger partial charge in [-0.3, -0.25) is 9.38 Å². The molecule has 0 saturated heterocycles. The van der Waals surface area contributed by atoms with Crippen molar-refractivity contribution in [3.63, 3.8) is 0 Å². The molecule has 1 aromatic carbocycles. The third-order valence-corrected chi connectivity index (χ3v) is 4.03. The topological polar surface area (TPSA) is 59.7 Å². The van der Waals surface area contributed by atoms with Gasteiger partial charge in [-0.25, -0.2) is 13.8 Å². The summed E-state index contributed by atoms with van der Waals surface area (Å²) >= 11 is 0. The summed E-state index contributed by atoms with van der Waals surface area (Å²) in [6.45, 7) is 0. The van der Waals surface area contributed by atoms with Crippen molar-refractivity contribution in [2.75, 3.05) is 7.11 Å². The Morgan fingerprint density at radius 1 is 1.08 bits per heavy atom. The van der Waals surface area contributed by atoms with Crippen molar-refractivity contribution < 1.29 is 18.6 Å². The van der Waals surface area contributed by atoms with E-state index in [0.29, 0.717) is 28.7 Å². The number of hydrogen-bond acceptors (Lipinski definition) is 4. The predicted molar refractivity (Wildman–Crippen MR) is 92.0 cm³/mol. The number of phenolic OH excluding ortho intramolecular Hbond substituents is 1. The summed E-state index contributed by atoms with van der Waals surface area (Å²) < 4.78 is 34.5. The maximum atomic E-state index is 13.8. The Kier molecular flexibility index (Phi) is 3.76. The van der Waals surface area contributed by atoms with Gasteiger partial charge in [0.15, 0.2) is 11.6 Å². The van der Waals surface area contributed by atoms with Crippen LogP contribution in [0.15, 0.2) is 54.9 Å². The Morgan fingerprint density at radius 2 is 1.92 bits per heavy atom. The lowest BCUT2D eigenvalue weighted by Crippen LogP contribution is -1.92. The average Bonchev–Trinajstić information content (AvgIpc) is 3.04. The summed E-state index contributed by atoms with van der Waals surface area (Å²) in [7, 11) is 1.52. The van der Waals surface area contributed by atoms with Crippen molar-refractivity contribution in [3.05, 3.63) is 66.5 Å². The molecule has 0 spiro atoms. The van der Waals surface area contributed by atoms with E-state index in [1.165, 1.54) is 7.11 Å². The molecule has 0 unspecified atom stereocenters. The van der Waals surface area contributed by atoms with Gasteiger partial charge in [0, 0.05) is 18.5 Å². The fraction of sp³-hybridized carbons (Fsp3) is 0.0526. The fourth-order valence-electron chi connectivity index (χ4n) is 2.87. The number of aromatic hydroxyl groups is 1. The number of rotatable bonds is 3. The Bertz CT molecular complexity index is 1130. The van der Waals surface area contributed by atoms with Crippen molar-refractivity contribution in [1.29, 1.82) is 0 Å². The molecule has 0 amide bonds. The van der Waals surface area contributed by atoms with Crippen LogP contribution in [0.5, 0.6) is 11.5 Å². The predicted octanol–water partition coefficient (Wildman–Crippen LogP) is 4.06. The molecule has 0 aliphatic rings. The molecule has 5 nitrogen and oxygen atoms in total. The number of nitrogens with zero attached hydrogens (tertiary/aromatic N) is 3. The van der Waals surface area contributed by atoms with Crippen molar-refractivity contribution >= 4 is 5.52 Å². The number of halogens is 2. The molecular formula is C19H13F2N3O2. The van der Waals surface area contributed by atoms with Gasteiger partial charge in [-0.05, 0) is 30.3 Å². The first-order valence-corrected chi connectivity index (χ1v) is 7.75. The summed E-state index contributed by atoms with van der Waals surface area (Å²) in [4.78, 5) is 8.83. The van der Waals surface area contributed by atoms with Crippen molar-refractivity contribution in [3.8, 4) is 34.3 Å². The second-order valence-electron chi connectivity index (χ2n) is 5.58. The quantitative estimate of drug-likeness (QED) is 0.603. The molecule has 0 aliphatic heterocycles. The third-order valence-electron chi connectivity index (χ3n) is 4.03. The van der Waals surface area contributed by atoms with Gasteiger partial charge in [-0.15, -0.1) is 0 Å². The molecule has 7 heteroatoms. The molecular weight excluding hydrogens is 340 g/mol. The van der Waals surface area contributed by atoms with Crippen LogP contribution in [0.2, 0.25) is 0 Å². The lowest BCUT2D eigenvalue weighted by Gasteiger charge is -2.05. The molecule has 0 saturated carbocycles. The number of methoxy groups -OCH3 is 1. The first-order valence-electron chi connectivity index (χ1n) is 7.75. The zero-order valence-electron chi connectivity index (χ0n) is 13.6. The molecule has 0 fully saturated rings. The van der Waals surface area contributed by atoms with Crippen molar-refractivity contribution in [2.24, 2.45) is 0 Å². The lowest BCUT2D eigenvalue weighted by molar-refractivity contribution is 0.414. The van der Waals surface area contributed by atoms with E-state index < -0.39 is 17.4 Å². The van der Waals surface area contributed by atoms with E-state index in [4.69, 9.17) is 4.74 Å². The van der Waals surface area contributed by atoms with Gasteiger partial charge in [0.2, 0.25) is 0 Å². The van der Waals surface area contributed by atoms with Crippen LogP contribution in [0.1, 0.15) is 0 Å². The van der Waals surface area contributed by atoms with E-state index in [0.717, 1.165) is 6.07 Å². The maximum Gasteiger partial charge on any atom is 0.168 e. The number of pyridine rings is 2. The van der Waals surface area contributed by atoms with Gasteiger partial charge in [0.25, 0.3) is 0 Å². The highest BCUT2D eigenvalue weighted by Crippen LogP contribution is 2.37. The molecule has 4 rings (SSSR count). The molecule has 1 N–H and O–H groups in total. The zero-order chi connectivity index (χ0) is 18.3. The first-order chi connectivity index (χ1) is 12.6. The van der Waals surface area contributed by atoms with Crippen LogP contribution in [0.4, 0.5) is 8.78 Å². The van der Waals surface area contributed by atoms with Crippen LogP contribution in [0.25, 0.3) is 28.3 Å². The van der Waals surface area contributed by atoms with Crippen molar-refractivity contribution in [1.82, 2.24) is 14.4 Å². The standard InChI is InChI=1S/C19H13F2N3O2/c1-26-15-6-4-7-22-17(15)16-14-5-2-3-8-24(14)19(23-16)12-9-11(20)10-13(21)18(12)25/h2-10,25H,1H3. The van der Waals surface area contributed by atoms with Gasteiger partial charge in [-0.1, -0.05) is 6.07 Å². The summed E-state index contributed by atoms with van der Waals surface area (Å²) in [6, 6.07) is 10.5. The third kappa shape index (κ3) is 2.45. The molecule has 26 heavy (non-hydrogen) atoms. The zero-order valence-corrected chi connectivity index (χ0v) is 13.6. The van der Waals surface area contributed by atoms with E-state index in [1.807, 2.05) is 6.07 Å². The summed E-state index contributed by atoms with van der Waals surface area (Å²) in [5.74, 6) is -1.82. The van der Waals surface area contributed by atoms with Crippen LogP contribution < -0.4 is 4.74 Å². The largest absolute Gasteiger partial charge is 0.504 e. The summed E-state index contributed by atoms with van der Waals surface area (Å²) in [5.41, 5.74) is 1.57. The monoisotopic (exact) mass is 353 g/mol. The summed E-state index contributed by atoms with van der Waals surface area (Å²) in [5, 5.41) is 10.1. The second kappa shape index (κ2) is 6.11. The van der Waals surface area contributed by atoms with E-state index in [1.54, 1.807) is 41.1 Å². The molecule has 0 atom stereocenters. The normalized spacial score (nSPS) is 11.0. The average molecular weight is 353 g/mol. The van der Waals surface area contributed by atoms with Gasteiger partial charge >= 0.3 is 0 Å². The molecule has 4 aromatic rings. The smallest absolute Gasteiger partial charge is 0.168 e. The number of hydrogen-bond donors (Lipinski definition) is 1. The van der Waals surface area contributed by atoms with Gasteiger partial charge in [-0.2, -0.15) is 0 Å². The Labute approximate surface area is 147 Å². The molecule has 3 heterocycles. The number of benzene rings is 1. The van der Waals surface area contributed by atoms with Gasteiger partial charge in [0.1, 0.15) is 28.8 Å². The SMILES string of the molecule is COc1cccnc1-c1nc(-c2cc(F)cc(F)c2O)n2ccccc12. The summed E-state index contributed by atoms with van der Waals surface area (Å²) in [6.07, 6.45) is 3.30. The van der Waals surface area contributed by atoms with Crippen LogP contribution in [0, 0.1) is 11.6 Å². The second-order valence-corrected chi connectivity index (χ2v) is 5.58. The van der Waals surface area contributed by atoms with E-state index in [-0.39, 0.29) is 11.4 Å². The molecule has 130 valence electrons. The molecule has 0 aliphatic carbocycles. The molecule has 0 bridgehead atoms. The Morgan fingerprint density at radius 3 is 2.73 bits per heavy atom. The number of phenols is 1. The highest BCUT2D eigenvalue weighted by molar-refractivity contribution is 5.83. The van der Waals surface area contributed by atoms with Crippen LogP contribution >= 0.6 is 0 Å². The van der Waals surface area contributed by atoms with Crippen LogP contribution in [-0.2, 0) is 0 Å². The lowest BCUT2D eigenvalue weighted by atomic mass is 10.1. The van der Waals surface area contributed by atoms with Gasteiger partial charge in [0.05, 0.1) is 18.2 Å². The van der Waals surface area contributed by atoms with E-state index in [9.17, 15) is 13.9 Å². The molecule has 0 radical (unpaired) electrons. The maximum absolute atomic E-state index is 13.8. The first kappa shape index (κ1) is 16.0. The van der Waals surface area contributed by atoms with Gasteiger partial charge < -0.3 is 9.84 Å². The number of fused-ring (bicyclic) bond motifs is 1. The number of aromatic nitrogens is 3. The fourth-order valence-corrected chi connectivity index (χ4v) is 2.87. The van der Waals surface area contributed by atoms with Crippen LogP contribution in [-0.4, -0.2) is 26.6 Å². The molecule has 3 aromatic heterocycles. The van der Waals surface area contributed by atoms with Crippen molar-refractivity contribution in [2.45, 2.75) is 0 Å². The number of imidazole rings is 1. The van der Waals surface area contributed by atoms with E-state index in [2.05, 4.69) is 9.97 Å².